The van der Waals surface area contributed by atoms with E-state index in [2.05, 4.69) is 0 Å². The van der Waals surface area contributed by atoms with Gasteiger partial charge in [0.2, 0.25) is 0 Å². The topological polar surface area (TPSA) is 189 Å². The molecule has 0 atom stereocenters. The standard InChI is InChI=1S/6ClH.2Na.6H2O.Pt/h6*1H;;;6*1H2;/q;;;;;;2*+1;;;;;;;+4/p-6. The molecule has 102 valence electrons. The molecule has 0 aliphatic heterocycles. The molecule has 0 aliphatic carbocycles. The summed E-state index contributed by atoms with van der Waals surface area (Å²) in [7, 11) is 25.0. The van der Waals surface area contributed by atoms with Gasteiger partial charge in [0.05, 0.1) is 0 Å². The summed E-state index contributed by atoms with van der Waals surface area (Å²) in [5.74, 6) is 0. The van der Waals surface area contributed by atoms with E-state index in [1.165, 1.54) is 0 Å². The van der Waals surface area contributed by atoms with Crippen LogP contribution >= 0.6 is 56.5 Å². The van der Waals surface area contributed by atoms with Crippen LogP contribution in [0.25, 0.3) is 0 Å². The maximum absolute atomic E-state index is 5.29. The van der Waals surface area contributed by atoms with E-state index in [4.69, 9.17) is 56.5 Å². The van der Waals surface area contributed by atoms with Crippen molar-refractivity contribution in [2.45, 2.75) is 0 Å². The summed E-state index contributed by atoms with van der Waals surface area (Å²) in [4.78, 5) is 0. The Balaban J connectivity index is -0.00000000643. The van der Waals surface area contributed by atoms with Crippen molar-refractivity contribution in [3.05, 3.63) is 0 Å². The first kappa shape index (κ1) is 61.2. The monoisotopic (exact) mass is 559 g/mol. The number of hydrogen-bond acceptors (Lipinski definition) is 0. The zero-order valence-electron chi connectivity index (χ0n) is 7.58. The molecule has 0 aromatic rings. The maximum Gasteiger partial charge on any atom is 1.00 e. The Morgan fingerprint density at radius 2 is 0.400 bits per heavy atom. The van der Waals surface area contributed by atoms with Gasteiger partial charge in [0, 0.05) is 0 Å². The van der Waals surface area contributed by atoms with Gasteiger partial charge in [-0.25, -0.2) is 0 Å². The summed E-state index contributed by atoms with van der Waals surface area (Å²) < 4.78 is 0. The van der Waals surface area contributed by atoms with Crippen LogP contribution in [0.15, 0.2) is 0 Å². The van der Waals surface area contributed by atoms with E-state index in [9.17, 15) is 0 Å². The van der Waals surface area contributed by atoms with E-state index in [1.807, 2.05) is 0 Å². The first-order valence-corrected chi connectivity index (χ1v) is 17.6. The molecule has 12 N–H and O–H groups in total. The van der Waals surface area contributed by atoms with Crippen LogP contribution in [0, 0.1) is 0 Å². The fraction of sp³-hybridized carbons (Fsp3) is 0. The first-order chi connectivity index (χ1) is 2.45. The third-order valence-corrected chi connectivity index (χ3v) is 0. The van der Waals surface area contributed by atoms with Gasteiger partial charge in [-0.2, -0.15) is 0 Å². The number of hydrogen-bond donors (Lipinski definition) is 0. The van der Waals surface area contributed by atoms with Crippen molar-refractivity contribution < 1.29 is 99.3 Å². The Bertz CT molecular complexity index is 84.2. The van der Waals surface area contributed by atoms with E-state index in [0.29, 0.717) is 0 Å². The van der Waals surface area contributed by atoms with Crippen LogP contribution < -0.4 is 59.1 Å². The number of halogens is 6. The van der Waals surface area contributed by atoms with E-state index in [1.54, 1.807) is 0 Å². The third kappa shape index (κ3) is 272. The first-order valence-electron chi connectivity index (χ1n) is 0.717. The summed E-state index contributed by atoms with van der Waals surface area (Å²) >= 11 is 0. The average molecular weight is 562 g/mol. The molecule has 0 heterocycles. The van der Waals surface area contributed by atoms with Crippen molar-refractivity contribution in [3.63, 3.8) is 0 Å². The molecular weight excluding hydrogens is 550 g/mol. The van der Waals surface area contributed by atoms with E-state index in [0.717, 1.165) is 0 Å². The van der Waals surface area contributed by atoms with Gasteiger partial charge in [-0.15, -0.1) is 0 Å². The van der Waals surface area contributed by atoms with Gasteiger partial charge >= 0.3 is 123 Å². The molecule has 0 fully saturated rings. The Morgan fingerprint density at radius 1 is 0.400 bits per heavy atom. The summed E-state index contributed by atoms with van der Waals surface area (Å²) in [6, 6.07) is 0. The van der Waals surface area contributed by atoms with Gasteiger partial charge in [0.25, 0.3) is 0 Å². The fourth-order valence-corrected chi connectivity index (χ4v) is 0. The van der Waals surface area contributed by atoms with Gasteiger partial charge in [-0.05, 0) is 0 Å². The predicted molar refractivity (Wildman–Crippen MR) is 56.8 cm³/mol. The minimum Gasteiger partial charge on any atom is 1.00 e. The summed E-state index contributed by atoms with van der Waals surface area (Å²) in [5.41, 5.74) is 0. The quantitative estimate of drug-likeness (QED) is 0.254. The van der Waals surface area contributed by atoms with Crippen LogP contribution in [0.3, 0.4) is 0 Å². The fourth-order valence-electron chi connectivity index (χ4n) is 0. The van der Waals surface area contributed by atoms with Crippen molar-refractivity contribution in [3.8, 4) is 0 Å². The molecule has 0 bridgehead atoms. The molecule has 0 radical (unpaired) electrons. The van der Waals surface area contributed by atoms with Crippen LogP contribution in [0.2, 0.25) is 0 Å². The van der Waals surface area contributed by atoms with E-state index >= 15 is 0 Å². The van der Waals surface area contributed by atoms with Crippen LogP contribution in [0.4, 0.5) is 0 Å². The average Bonchev–Trinajstić information content (AvgIpc) is 0.592. The molecule has 0 aromatic carbocycles. The minimum absolute atomic E-state index is 0. The molecule has 15 heavy (non-hydrogen) atoms. The Hall–Kier alpha value is 4.19. The SMILES string of the molecule is O.O.O.O.O.O.[Cl][Pt-2]([Cl])([Cl])([Cl])([Cl])[Cl].[Na+].[Na+]. The molecule has 0 spiro atoms. The largest absolute Gasteiger partial charge is 1.00 e. The normalized spacial score (nSPS) is 10.8. The summed E-state index contributed by atoms with van der Waals surface area (Å²) in [6.07, 6.45) is 0. The van der Waals surface area contributed by atoms with Crippen LogP contribution in [-0.2, 0) is 7.31 Å². The van der Waals surface area contributed by atoms with Crippen LogP contribution in [0.5, 0.6) is 0 Å². The molecule has 0 saturated carbocycles. The van der Waals surface area contributed by atoms with Crippen molar-refractivity contribution in [2.24, 2.45) is 0 Å². The van der Waals surface area contributed by atoms with Crippen molar-refractivity contribution in [1.29, 1.82) is 0 Å². The van der Waals surface area contributed by atoms with Crippen molar-refractivity contribution in [1.82, 2.24) is 0 Å². The van der Waals surface area contributed by atoms with Gasteiger partial charge in [-0.3, -0.25) is 0 Å². The van der Waals surface area contributed by atoms with Gasteiger partial charge in [0.1, 0.15) is 0 Å². The maximum atomic E-state index is 5.05. The Kier molecular flexibility index (Phi) is 59.5. The third-order valence-electron chi connectivity index (χ3n) is 0. The molecule has 6 nitrogen and oxygen atoms in total. The molecule has 0 saturated heterocycles. The second kappa shape index (κ2) is 14.6. The summed E-state index contributed by atoms with van der Waals surface area (Å²) in [5, 5.41) is 0. The van der Waals surface area contributed by atoms with E-state index in [-0.39, 0.29) is 92.0 Å². The molecule has 0 aliphatic rings. The van der Waals surface area contributed by atoms with Gasteiger partial charge in [0.15, 0.2) is 0 Å². The molecule has 0 unspecified atom stereocenters. The van der Waals surface area contributed by atoms with Gasteiger partial charge in [-0.1, -0.05) is 0 Å². The zero-order chi connectivity index (χ0) is 6.41. The second-order valence-corrected chi connectivity index (χ2v) is 49.9. The predicted octanol–water partition coefficient (Wildman–Crippen LogP) is -6.81. The minimum atomic E-state index is -5.29. The number of rotatable bonds is 0. The second-order valence-electron chi connectivity index (χ2n) is 0.678. The molecule has 0 rings (SSSR count). The van der Waals surface area contributed by atoms with Crippen molar-refractivity contribution in [2.75, 3.05) is 0 Å². The van der Waals surface area contributed by atoms with Crippen molar-refractivity contribution >= 4 is 56.5 Å². The molecule has 0 amide bonds. The van der Waals surface area contributed by atoms with Crippen LogP contribution in [-0.4, -0.2) is 32.9 Å². The zero-order valence-corrected chi connectivity index (χ0v) is 18.4. The Morgan fingerprint density at radius 3 is 0.400 bits per heavy atom. The smallest absolute Gasteiger partial charge is 1.00 e. The molecule has 15 heteroatoms. The van der Waals surface area contributed by atoms with Gasteiger partial charge < -0.3 is 32.9 Å². The summed E-state index contributed by atoms with van der Waals surface area (Å²) in [6.45, 7) is 0. The molecule has 0 aromatic heterocycles. The Labute approximate surface area is 153 Å². The van der Waals surface area contributed by atoms with Crippen LogP contribution in [0.1, 0.15) is 0 Å². The van der Waals surface area contributed by atoms with E-state index < -0.39 is 7.31 Å². The molecular formula is H12Cl6Na2O6Pt.